The molecular weight excluding hydrogens is 320 g/mol. The Morgan fingerprint density at radius 1 is 1.40 bits per heavy atom. The van der Waals surface area contributed by atoms with E-state index in [1.807, 2.05) is 18.2 Å². The largest absolute Gasteiger partial charge is 0.496 e. The Morgan fingerprint density at radius 3 is 2.80 bits per heavy atom. The molecule has 0 aliphatic rings. The zero-order chi connectivity index (χ0) is 14.5. The fourth-order valence-electron chi connectivity index (χ4n) is 2.28. The number of halogens is 1. The number of ether oxygens (including phenoxy) is 1. The van der Waals surface area contributed by atoms with Crippen LogP contribution in [0.4, 0.5) is 0 Å². The number of furan rings is 1. The molecule has 1 aromatic carbocycles. The molecule has 0 amide bonds. The van der Waals surface area contributed by atoms with Gasteiger partial charge in [0.05, 0.1) is 23.9 Å². The second-order valence-corrected chi connectivity index (χ2v) is 5.40. The summed E-state index contributed by atoms with van der Waals surface area (Å²) < 4.78 is 11.6. The molecule has 2 aromatic rings. The summed E-state index contributed by atoms with van der Waals surface area (Å²) in [4.78, 5) is 0. The van der Waals surface area contributed by atoms with Gasteiger partial charge in [-0.3, -0.25) is 11.3 Å². The van der Waals surface area contributed by atoms with E-state index in [0.29, 0.717) is 0 Å². The SMILES string of the molecule is CCc1occc1C(Cc1ccc(OC)c(Br)c1)NN. The van der Waals surface area contributed by atoms with Gasteiger partial charge in [-0.2, -0.15) is 0 Å². The summed E-state index contributed by atoms with van der Waals surface area (Å²) in [7, 11) is 1.66. The molecule has 20 heavy (non-hydrogen) atoms. The first kappa shape index (κ1) is 15.1. The van der Waals surface area contributed by atoms with Crippen molar-refractivity contribution in [1.29, 1.82) is 0 Å². The number of rotatable bonds is 6. The summed E-state index contributed by atoms with van der Waals surface area (Å²) in [5.74, 6) is 7.50. The smallest absolute Gasteiger partial charge is 0.133 e. The number of aryl methyl sites for hydroxylation is 1. The molecule has 0 spiro atoms. The van der Waals surface area contributed by atoms with Gasteiger partial charge in [0, 0.05) is 12.0 Å². The molecule has 0 saturated heterocycles. The number of methoxy groups -OCH3 is 1. The number of nitrogens with one attached hydrogen (secondary N) is 1. The molecule has 0 radical (unpaired) electrons. The summed E-state index contributed by atoms with van der Waals surface area (Å²) in [6, 6.07) is 8.04. The monoisotopic (exact) mass is 338 g/mol. The molecule has 1 aromatic heterocycles. The van der Waals surface area contributed by atoms with Crippen molar-refractivity contribution in [1.82, 2.24) is 5.43 Å². The van der Waals surface area contributed by atoms with E-state index in [1.165, 1.54) is 5.56 Å². The van der Waals surface area contributed by atoms with Gasteiger partial charge in [-0.1, -0.05) is 13.0 Å². The van der Waals surface area contributed by atoms with E-state index in [4.69, 9.17) is 15.0 Å². The highest BCUT2D eigenvalue weighted by Crippen LogP contribution is 2.28. The minimum absolute atomic E-state index is 0.0315. The first-order valence-electron chi connectivity index (χ1n) is 6.54. The van der Waals surface area contributed by atoms with Crippen molar-refractivity contribution < 1.29 is 9.15 Å². The van der Waals surface area contributed by atoms with E-state index in [0.717, 1.165) is 34.4 Å². The standard InChI is InChI=1S/C15H19BrN2O2/c1-3-14-11(6-7-20-14)13(18-17)9-10-4-5-15(19-2)12(16)8-10/h4-8,13,18H,3,9,17H2,1-2H3. The van der Waals surface area contributed by atoms with E-state index < -0.39 is 0 Å². The number of benzene rings is 1. The average molecular weight is 339 g/mol. The van der Waals surface area contributed by atoms with E-state index in [9.17, 15) is 0 Å². The Kier molecular flexibility index (Phi) is 5.23. The second-order valence-electron chi connectivity index (χ2n) is 4.54. The number of hydrogen-bond acceptors (Lipinski definition) is 4. The van der Waals surface area contributed by atoms with Crippen LogP contribution in [0.2, 0.25) is 0 Å². The highest BCUT2D eigenvalue weighted by molar-refractivity contribution is 9.10. The fourth-order valence-corrected chi connectivity index (χ4v) is 2.87. The van der Waals surface area contributed by atoms with E-state index in [-0.39, 0.29) is 6.04 Å². The van der Waals surface area contributed by atoms with Gasteiger partial charge in [-0.05, 0) is 46.1 Å². The lowest BCUT2D eigenvalue weighted by molar-refractivity contribution is 0.412. The third-order valence-electron chi connectivity index (χ3n) is 3.33. The maximum Gasteiger partial charge on any atom is 0.133 e. The van der Waals surface area contributed by atoms with Crippen LogP contribution in [0.5, 0.6) is 5.75 Å². The lowest BCUT2D eigenvalue weighted by Crippen LogP contribution is -2.29. The van der Waals surface area contributed by atoms with Crippen LogP contribution in [0.25, 0.3) is 0 Å². The summed E-state index contributed by atoms with van der Waals surface area (Å²) >= 11 is 3.50. The van der Waals surface area contributed by atoms with Crippen LogP contribution >= 0.6 is 15.9 Å². The summed E-state index contributed by atoms with van der Waals surface area (Å²) in [6.07, 6.45) is 3.35. The molecule has 0 aliphatic heterocycles. The van der Waals surface area contributed by atoms with Gasteiger partial charge < -0.3 is 9.15 Å². The van der Waals surface area contributed by atoms with Gasteiger partial charge in [0.2, 0.25) is 0 Å². The van der Waals surface area contributed by atoms with Gasteiger partial charge in [0.1, 0.15) is 11.5 Å². The van der Waals surface area contributed by atoms with Crippen molar-refractivity contribution in [3.63, 3.8) is 0 Å². The Labute approximate surface area is 127 Å². The van der Waals surface area contributed by atoms with Gasteiger partial charge >= 0.3 is 0 Å². The van der Waals surface area contributed by atoms with Crippen molar-refractivity contribution in [2.75, 3.05) is 7.11 Å². The Hall–Kier alpha value is -1.30. The molecule has 108 valence electrons. The van der Waals surface area contributed by atoms with Crippen LogP contribution < -0.4 is 16.0 Å². The lowest BCUT2D eigenvalue weighted by atomic mass is 9.99. The van der Waals surface area contributed by atoms with Crippen LogP contribution in [0.15, 0.2) is 39.4 Å². The minimum Gasteiger partial charge on any atom is -0.496 e. The fraction of sp³-hybridized carbons (Fsp3) is 0.333. The average Bonchev–Trinajstić information content (AvgIpc) is 2.93. The zero-order valence-corrected chi connectivity index (χ0v) is 13.2. The molecule has 1 heterocycles. The Balaban J connectivity index is 2.20. The molecule has 1 unspecified atom stereocenters. The van der Waals surface area contributed by atoms with Crippen LogP contribution in [-0.4, -0.2) is 7.11 Å². The third-order valence-corrected chi connectivity index (χ3v) is 3.95. The Morgan fingerprint density at radius 2 is 2.20 bits per heavy atom. The molecule has 3 N–H and O–H groups in total. The van der Waals surface area contributed by atoms with Gasteiger partial charge in [0.15, 0.2) is 0 Å². The summed E-state index contributed by atoms with van der Waals surface area (Å²) in [5.41, 5.74) is 5.15. The van der Waals surface area contributed by atoms with Crippen LogP contribution in [0.1, 0.15) is 29.9 Å². The quantitative estimate of drug-likeness (QED) is 0.626. The molecule has 5 heteroatoms. The topological polar surface area (TPSA) is 60.4 Å². The van der Waals surface area contributed by atoms with Crippen molar-refractivity contribution in [2.24, 2.45) is 5.84 Å². The summed E-state index contributed by atoms with van der Waals surface area (Å²) in [5, 5.41) is 0. The molecule has 0 bridgehead atoms. The molecule has 4 nitrogen and oxygen atoms in total. The van der Waals surface area contributed by atoms with Gasteiger partial charge in [-0.15, -0.1) is 0 Å². The zero-order valence-electron chi connectivity index (χ0n) is 11.7. The number of hydrogen-bond donors (Lipinski definition) is 2. The van der Waals surface area contributed by atoms with Crippen molar-refractivity contribution in [3.05, 3.63) is 51.9 Å². The lowest BCUT2D eigenvalue weighted by Gasteiger charge is -2.16. The maximum absolute atomic E-state index is 5.70. The van der Waals surface area contributed by atoms with Crippen molar-refractivity contribution in [2.45, 2.75) is 25.8 Å². The normalized spacial score (nSPS) is 12.4. The third kappa shape index (κ3) is 3.23. The number of nitrogens with two attached hydrogens (primary N) is 1. The highest BCUT2D eigenvalue weighted by Gasteiger charge is 2.16. The molecule has 0 saturated carbocycles. The second kappa shape index (κ2) is 6.92. The van der Waals surface area contributed by atoms with Gasteiger partial charge in [-0.25, -0.2) is 0 Å². The first-order valence-corrected chi connectivity index (χ1v) is 7.33. The first-order chi connectivity index (χ1) is 9.69. The molecule has 1 atom stereocenters. The predicted octanol–water partition coefficient (Wildman–Crippen LogP) is 3.36. The van der Waals surface area contributed by atoms with E-state index in [1.54, 1.807) is 13.4 Å². The molecular formula is C15H19BrN2O2. The van der Waals surface area contributed by atoms with E-state index in [2.05, 4.69) is 34.3 Å². The van der Waals surface area contributed by atoms with Gasteiger partial charge in [0.25, 0.3) is 0 Å². The maximum atomic E-state index is 5.70. The summed E-state index contributed by atoms with van der Waals surface area (Å²) in [6.45, 7) is 2.07. The molecule has 2 rings (SSSR count). The highest BCUT2D eigenvalue weighted by atomic mass is 79.9. The Bertz CT molecular complexity index is 569. The van der Waals surface area contributed by atoms with Crippen molar-refractivity contribution >= 4 is 15.9 Å². The molecule has 0 aliphatic carbocycles. The minimum atomic E-state index is 0.0315. The van der Waals surface area contributed by atoms with Crippen LogP contribution in [0, 0.1) is 0 Å². The van der Waals surface area contributed by atoms with Crippen LogP contribution in [0.3, 0.4) is 0 Å². The van der Waals surface area contributed by atoms with E-state index >= 15 is 0 Å². The number of hydrazine groups is 1. The van der Waals surface area contributed by atoms with Crippen molar-refractivity contribution in [3.8, 4) is 5.75 Å². The van der Waals surface area contributed by atoms with Crippen LogP contribution in [-0.2, 0) is 12.8 Å². The predicted molar refractivity (Wildman–Crippen MR) is 82.5 cm³/mol. The molecule has 0 fully saturated rings.